The van der Waals surface area contributed by atoms with E-state index < -0.39 is 11.4 Å². The van der Waals surface area contributed by atoms with Crippen LogP contribution in [-0.4, -0.2) is 28.0 Å². The summed E-state index contributed by atoms with van der Waals surface area (Å²) in [5, 5.41) is 0. The number of hydrogen-bond donors (Lipinski definition) is 2. The van der Waals surface area contributed by atoms with Crippen LogP contribution < -0.4 is 11.5 Å². The Morgan fingerprint density at radius 1 is 1.70 bits per heavy atom. The van der Waals surface area contributed by atoms with E-state index in [1.54, 1.807) is 0 Å². The monoisotopic (exact) mass is 167 g/mol. The zero-order valence-electron chi connectivity index (χ0n) is 5.49. The van der Waals surface area contributed by atoms with Crippen LogP contribution in [0.4, 0.5) is 0 Å². The fourth-order valence-corrected chi connectivity index (χ4v) is 0.618. The van der Waals surface area contributed by atoms with Crippen molar-refractivity contribution in [1.29, 1.82) is 0 Å². The fraction of sp³-hybridized carbons (Fsp3) is 1.00. The van der Waals surface area contributed by atoms with Crippen LogP contribution in [0.3, 0.4) is 0 Å². The van der Waals surface area contributed by atoms with E-state index in [9.17, 15) is 8.76 Å². The Balaban J connectivity index is 3.11. The van der Waals surface area contributed by atoms with Crippen LogP contribution in [-0.2, 0) is 15.5 Å². The smallest absolute Gasteiger partial charge is 0.0842 e. The average Bonchev–Trinajstić information content (AvgIpc) is 1.87. The van der Waals surface area contributed by atoms with Crippen molar-refractivity contribution in [2.75, 3.05) is 13.2 Å². The summed E-state index contributed by atoms with van der Waals surface area (Å²) in [6.07, 6.45) is 0.463. The van der Waals surface area contributed by atoms with Gasteiger partial charge in [0.2, 0.25) is 0 Å². The quantitative estimate of drug-likeness (QED) is 0.484. The molecular weight excluding hydrogens is 156 g/mol. The van der Waals surface area contributed by atoms with E-state index in [0.29, 0.717) is 13.0 Å². The van der Waals surface area contributed by atoms with Gasteiger partial charge in [-0.25, -0.2) is 4.21 Å². The molecule has 0 bridgehead atoms. The van der Waals surface area contributed by atoms with Gasteiger partial charge >= 0.3 is 0 Å². The lowest BCUT2D eigenvalue weighted by Crippen LogP contribution is -2.30. The van der Waals surface area contributed by atoms with E-state index in [4.69, 9.17) is 11.5 Å². The molecule has 0 aromatic rings. The zero-order chi connectivity index (χ0) is 7.98. The molecule has 0 saturated carbocycles. The Labute approximate surface area is 62.2 Å². The van der Waals surface area contributed by atoms with Crippen LogP contribution >= 0.6 is 0 Å². The fourth-order valence-electron chi connectivity index (χ4n) is 0.385. The lowest BCUT2D eigenvalue weighted by Gasteiger charge is -2.09. The Kier molecular flexibility index (Phi) is 5.74. The highest BCUT2D eigenvalue weighted by molar-refractivity contribution is 7.74. The molecule has 5 nitrogen and oxygen atoms in total. The SMILES string of the molecule is NCC(N)CCOS(=O)[O-]. The van der Waals surface area contributed by atoms with Crippen molar-refractivity contribution < 1.29 is 12.9 Å². The molecule has 0 aliphatic heterocycles. The van der Waals surface area contributed by atoms with E-state index in [1.165, 1.54) is 0 Å². The van der Waals surface area contributed by atoms with Crippen LogP contribution in [0.15, 0.2) is 0 Å². The summed E-state index contributed by atoms with van der Waals surface area (Å²) in [4.78, 5) is 0. The lowest BCUT2D eigenvalue weighted by molar-refractivity contribution is 0.286. The Morgan fingerprint density at radius 2 is 2.30 bits per heavy atom. The first-order valence-electron chi connectivity index (χ1n) is 2.85. The molecule has 0 amide bonds. The molecule has 0 fully saturated rings. The maximum atomic E-state index is 9.77. The standard InChI is InChI=1S/C4H12N2O3S/c5-3-4(6)1-2-9-10(7)8/h4H,1-3,5-6H2,(H,7,8)/p-1. The minimum absolute atomic E-state index is 0.106. The highest BCUT2D eigenvalue weighted by atomic mass is 32.2. The van der Waals surface area contributed by atoms with E-state index in [1.807, 2.05) is 0 Å². The molecular formula is C4H11N2O3S-. The van der Waals surface area contributed by atoms with Crippen molar-refractivity contribution in [2.24, 2.45) is 11.5 Å². The van der Waals surface area contributed by atoms with Gasteiger partial charge in [0.05, 0.1) is 18.0 Å². The summed E-state index contributed by atoms with van der Waals surface area (Å²) in [7, 11) is 0. The Morgan fingerprint density at radius 3 is 2.70 bits per heavy atom. The molecule has 0 aliphatic carbocycles. The molecule has 0 rings (SSSR count). The van der Waals surface area contributed by atoms with Gasteiger partial charge in [0.1, 0.15) is 0 Å². The third kappa shape index (κ3) is 6.12. The maximum Gasteiger partial charge on any atom is 0.0842 e. The molecule has 0 aromatic carbocycles. The largest absolute Gasteiger partial charge is 0.750 e. The normalized spacial score (nSPS) is 16.7. The third-order valence-corrected chi connectivity index (χ3v) is 1.33. The summed E-state index contributed by atoms with van der Waals surface area (Å²) in [6.45, 7) is 0.448. The molecule has 10 heavy (non-hydrogen) atoms. The van der Waals surface area contributed by atoms with E-state index in [0.717, 1.165) is 0 Å². The van der Waals surface area contributed by atoms with Crippen LogP contribution in [0, 0.1) is 0 Å². The molecule has 0 radical (unpaired) electrons. The van der Waals surface area contributed by atoms with Crippen molar-refractivity contribution in [2.45, 2.75) is 12.5 Å². The van der Waals surface area contributed by atoms with Crippen molar-refractivity contribution in [3.05, 3.63) is 0 Å². The predicted molar refractivity (Wildman–Crippen MR) is 36.5 cm³/mol. The first-order valence-corrected chi connectivity index (χ1v) is 3.85. The molecule has 0 aliphatic rings. The van der Waals surface area contributed by atoms with Crippen molar-refractivity contribution >= 4 is 11.4 Å². The zero-order valence-corrected chi connectivity index (χ0v) is 6.30. The van der Waals surface area contributed by atoms with Gasteiger partial charge in [-0.15, -0.1) is 0 Å². The van der Waals surface area contributed by atoms with Crippen LogP contribution in [0.25, 0.3) is 0 Å². The Hall–Kier alpha value is -0.0100. The summed E-state index contributed by atoms with van der Waals surface area (Å²) < 4.78 is 23.7. The molecule has 2 atom stereocenters. The minimum atomic E-state index is -2.43. The van der Waals surface area contributed by atoms with Gasteiger partial charge in [-0.05, 0) is 6.42 Å². The Bertz CT molecular complexity index is 111. The molecule has 0 heterocycles. The number of rotatable bonds is 5. The van der Waals surface area contributed by atoms with Gasteiger partial charge in [-0.3, -0.25) is 0 Å². The summed E-state index contributed by atoms with van der Waals surface area (Å²) in [5.74, 6) is 0. The number of hydrogen-bond acceptors (Lipinski definition) is 5. The van der Waals surface area contributed by atoms with Gasteiger partial charge in [0.25, 0.3) is 0 Å². The maximum absolute atomic E-state index is 9.77. The molecule has 0 aromatic heterocycles. The molecule has 4 N–H and O–H groups in total. The molecule has 6 heteroatoms. The number of nitrogens with two attached hydrogens (primary N) is 2. The molecule has 62 valence electrons. The highest BCUT2D eigenvalue weighted by Gasteiger charge is 1.97. The van der Waals surface area contributed by atoms with Crippen molar-refractivity contribution in [3.63, 3.8) is 0 Å². The van der Waals surface area contributed by atoms with Crippen LogP contribution in [0.1, 0.15) is 6.42 Å². The molecule has 0 saturated heterocycles. The van der Waals surface area contributed by atoms with Crippen molar-refractivity contribution in [1.82, 2.24) is 0 Å². The average molecular weight is 167 g/mol. The van der Waals surface area contributed by atoms with Crippen LogP contribution in [0.5, 0.6) is 0 Å². The first-order chi connectivity index (χ1) is 4.66. The molecule has 0 spiro atoms. The summed E-state index contributed by atoms with van der Waals surface area (Å²) in [6, 6.07) is -0.177. The predicted octanol–water partition coefficient (Wildman–Crippen LogP) is -1.53. The van der Waals surface area contributed by atoms with Gasteiger partial charge in [0.15, 0.2) is 0 Å². The van der Waals surface area contributed by atoms with Gasteiger partial charge < -0.3 is 20.2 Å². The lowest BCUT2D eigenvalue weighted by atomic mass is 10.2. The second-order valence-corrected chi connectivity index (χ2v) is 2.45. The highest BCUT2D eigenvalue weighted by Crippen LogP contribution is 1.88. The van der Waals surface area contributed by atoms with Crippen LogP contribution in [0.2, 0.25) is 0 Å². The second-order valence-electron chi connectivity index (χ2n) is 1.81. The van der Waals surface area contributed by atoms with Gasteiger partial charge in [0, 0.05) is 12.6 Å². The van der Waals surface area contributed by atoms with Crippen molar-refractivity contribution in [3.8, 4) is 0 Å². The van der Waals surface area contributed by atoms with Gasteiger partial charge in [-0.2, -0.15) is 0 Å². The summed E-state index contributed by atoms with van der Waals surface area (Å²) >= 11 is -2.43. The minimum Gasteiger partial charge on any atom is -0.750 e. The molecule has 2 unspecified atom stereocenters. The van der Waals surface area contributed by atoms with E-state index in [2.05, 4.69) is 4.18 Å². The summed E-state index contributed by atoms with van der Waals surface area (Å²) in [5.41, 5.74) is 10.5. The van der Waals surface area contributed by atoms with Gasteiger partial charge in [-0.1, -0.05) is 0 Å². The first kappa shape index (κ1) is 9.99. The second kappa shape index (κ2) is 5.75. The third-order valence-electron chi connectivity index (χ3n) is 0.971. The topological polar surface area (TPSA) is 101 Å². The van der Waals surface area contributed by atoms with E-state index in [-0.39, 0.29) is 12.6 Å². The van der Waals surface area contributed by atoms with E-state index >= 15 is 0 Å².